The fourth-order valence-corrected chi connectivity index (χ4v) is 2.78. The van der Waals surface area contributed by atoms with Gasteiger partial charge in [0.2, 0.25) is 0 Å². The van der Waals surface area contributed by atoms with Crippen LogP contribution in [0.5, 0.6) is 0 Å². The second-order valence-electron chi connectivity index (χ2n) is 6.46. The first kappa shape index (κ1) is 18.5. The van der Waals surface area contributed by atoms with Crippen molar-refractivity contribution in [3.05, 3.63) is 78.0 Å². The van der Waals surface area contributed by atoms with Gasteiger partial charge in [0.1, 0.15) is 5.82 Å². The third kappa shape index (κ3) is 4.64. The molecule has 5 heteroatoms. The predicted octanol–water partition coefficient (Wildman–Crippen LogP) is 4.71. The van der Waals surface area contributed by atoms with Gasteiger partial charge >= 0.3 is 0 Å². The van der Waals surface area contributed by atoms with E-state index in [1.807, 2.05) is 67.5 Å². The second-order valence-corrected chi connectivity index (χ2v) is 6.46. The summed E-state index contributed by atoms with van der Waals surface area (Å²) in [7, 11) is 4.01. The van der Waals surface area contributed by atoms with Gasteiger partial charge in [-0.2, -0.15) is 0 Å². The number of hydrogen-bond acceptors (Lipinski definition) is 4. The molecular weight excluding hydrogens is 336 g/mol. The van der Waals surface area contributed by atoms with Gasteiger partial charge < -0.3 is 15.5 Å². The molecule has 2 aromatic carbocycles. The summed E-state index contributed by atoms with van der Waals surface area (Å²) in [5, 5.41) is 6.23. The highest BCUT2D eigenvalue weighted by Crippen LogP contribution is 2.21. The van der Waals surface area contributed by atoms with Crippen LogP contribution in [-0.2, 0) is 6.42 Å². The van der Waals surface area contributed by atoms with E-state index in [1.54, 1.807) is 18.3 Å². The van der Waals surface area contributed by atoms with Gasteiger partial charge in [0, 0.05) is 42.9 Å². The summed E-state index contributed by atoms with van der Waals surface area (Å²) in [6.07, 6.45) is 2.50. The first-order valence-electron chi connectivity index (χ1n) is 8.96. The van der Waals surface area contributed by atoms with E-state index in [2.05, 4.69) is 22.5 Å². The molecular formula is C22H24N4O. The van der Waals surface area contributed by atoms with E-state index in [0.717, 1.165) is 29.0 Å². The van der Waals surface area contributed by atoms with Crippen LogP contribution < -0.4 is 15.5 Å². The lowest BCUT2D eigenvalue weighted by Crippen LogP contribution is -2.13. The molecule has 138 valence electrons. The van der Waals surface area contributed by atoms with Crippen LogP contribution in [0.3, 0.4) is 0 Å². The van der Waals surface area contributed by atoms with Crippen LogP contribution in [0.25, 0.3) is 0 Å². The number of anilines is 4. The molecule has 3 aromatic rings. The number of benzene rings is 2. The Labute approximate surface area is 160 Å². The van der Waals surface area contributed by atoms with Crippen molar-refractivity contribution in [2.45, 2.75) is 13.3 Å². The molecule has 0 bridgehead atoms. The molecule has 2 N–H and O–H groups in total. The normalized spacial score (nSPS) is 10.3. The molecule has 0 saturated carbocycles. The van der Waals surface area contributed by atoms with Crippen molar-refractivity contribution >= 4 is 28.8 Å². The van der Waals surface area contributed by atoms with Crippen molar-refractivity contribution < 1.29 is 4.79 Å². The Morgan fingerprint density at radius 1 is 1.04 bits per heavy atom. The Hall–Kier alpha value is -3.34. The molecule has 0 unspecified atom stereocenters. The summed E-state index contributed by atoms with van der Waals surface area (Å²) in [6.45, 7) is 2.07. The zero-order valence-electron chi connectivity index (χ0n) is 15.9. The maximum Gasteiger partial charge on any atom is 0.255 e. The minimum atomic E-state index is -0.149. The van der Waals surface area contributed by atoms with Crippen LogP contribution in [0.1, 0.15) is 22.8 Å². The molecule has 0 aliphatic heterocycles. The third-order valence-corrected chi connectivity index (χ3v) is 4.32. The summed E-state index contributed by atoms with van der Waals surface area (Å²) >= 11 is 0. The Kier molecular flexibility index (Phi) is 5.71. The van der Waals surface area contributed by atoms with E-state index >= 15 is 0 Å². The Balaban J connectivity index is 1.73. The van der Waals surface area contributed by atoms with Gasteiger partial charge in [-0.05, 0) is 54.4 Å². The molecule has 3 rings (SSSR count). The van der Waals surface area contributed by atoms with Crippen molar-refractivity contribution in [2.24, 2.45) is 0 Å². The summed E-state index contributed by atoms with van der Waals surface area (Å²) in [5.41, 5.74) is 4.55. The van der Waals surface area contributed by atoms with Gasteiger partial charge in [0.05, 0.1) is 0 Å². The van der Waals surface area contributed by atoms with Crippen LogP contribution in [-0.4, -0.2) is 25.0 Å². The molecule has 5 nitrogen and oxygen atoms in total. The highest BCUT2D eigenvalue weighted by molar-refractivity contribution is 6.05. The molecule has 1 heterocycles. The van der Waals surface area contributed by atoms with Crippen molar-refractivity contribution in [1.29, 1.82) is 0 Å². The molecule has 0 fully saturated rings. The highest BCUT2D eigenvalue weighted by atomic mass is 16.1. The molecule has 27 heavy (non-hydrogen) atoms. The van der Waals surface area contributed by atoms with E-state index in [9.17, 15) is 4.79 Å². The highest BCUT2D eigenvalue weighted by Gasteiger charge is 2.09. The molecule has 0 saturated heterocycles. The number of para-hydroxylation sites is 1. The summed E-state index contributed by atoms with van der Waals surface area (Å²) in [4.78, 5) is 19.0. The molecule has 0 atom stereocenters. The predicted molar refractivity (Wildman–Crippen MR) is 112 cm³/mol. The summed E-state index contributed by atoms with van der Waals surface area (Å²) < 4.78 is 0. The lowest BCUT2D eigenvalue weighted by atomic mass is 10.1. The number of amides is 1. The van der Waals surface area contributed by atoms with Gasteiger partial charge in [0.25, 0.3) is 5.91 Å². The zero-order chi connectivity index (χ0) is 19.2. The fraction of sp³-hybridized carbons (Fsp3) is 0.182. The molecule has 0 aliphatic rings. The Morgan fingerprint density at radius 3 is 2.48 bits per heavy atom. The minimum absolute atomic E-state index is 0.149. The number of rotatable bonds is 6. The smallest absolute Gasteiger partial charge is 0.255 e. The quantitative estimate of drug-likeness (QED) is 0.669. The van der Waals surface area contributed by atoms with E-state index < -0.39 is 0 Å². The van der Waals surface area contributed by atoms with Crippen molar-refractivity contribution in [2.75, 3.05) is 29.6 Å². The van der Waals surface area contributed by atoms with Gasteiger partial charge in [-0.3, -0.25) is 4.79 Å². The van der Waals surface area contributed by atoms with Crippen molar-refractivity contribution in [3.8, 4) is 0 Å². The number of carbonyl (C=O) groups excluding carboxylic acids is 1. The van der Waals surface area contributed by atoms with Crippen molar-refractivity contribution in [1.82, 2.24) is 4.98 Å². The van der Waals surface area contributed by atoms with Crippen molar-refractivity contribution in [3.63, 3.8) is 0 Å². The van der Waals surface area contributed by atoms with E-state index in [0.29, 0.717) is 11.4 Å². The van der Waals surface area contributed by atoms with E-state index in [1.165, 1.54) is 0 Å². The fourth-order valence-electron chi connectivity index (χ4n) is 2.78. The molecule has 0 radical (unpaired) electrons. The number of pyridine rings is 1. The van der Waals surface area contributed by atoms with Crippen LogP contribution in [0.4, 0.5) is 22.9 Å². The second kappa shape index (κ2) is 8.36. The third-order valence-electron chi connectivity index (χ3n) is 4.32. The summed E-state index contributed by atoms with van der Waals surface area (Å²) in [6, 6.07) is 19.3. The van der Waals surface area contributed by atoms with Crippen LogP contribution >= 0.6 is 0 Å². The maximum atomic E-state index is 12.6. The average Bonchev–Trinajstić information content (AvgIpc) is 2.69. The number of nitrogens with one attached hydrogen (secondary N) is 2. The lowest BCUT2D eigenvalue weighted by Gasteiger charge is -2.13. The molecule has 1 amide bonds. The number of aryl methyl sites for hydroxylation is 1. The number of hydrogen-bond donors (Lipinski definition) is 2. The number of carbonyl (C=O) groups is 1. The maximum absolute atomic E-state index is 12.6. The Morgan fingerprint density at radius 2 is 1.78 bits per heavy atom. The largest absolute Gasteiger partial charge is 0.378 e. The van der Waals surface area contributed by atoms with E-state index in [-0.39, 0.29) is 5.91 Å². The first-order chi connectivity index (χ1) is 13.1. The minimum Gasteiger partial charge on any atom is -0.378 e. The number of aromatic nitrogens is 1. The molecule has 0 spiro atoms. The monoisotopic (exact) mass is 360 g/mol. The SMILES string of the molecule is CCc1ccccc1NC(=O)c1ccnc(Nc2ccc(N(C)C)cc2)c1. The molecule has 1 aromatic heterocycles. The zero-order valence-corrected chi connectivity index (χ0v) is 15.9. The lowest BCUT2D eigenvalue weighted by molar-refractivity contribution is 0.102. The van der Waals surface area contributed by atoms with Gasteiger partial charge in [-0.1, -0.05) is 25.1 Å². The van der Waals surface area contributed by atoms with Gasteiger partial charge in [0.15, 0.2) is 0 Å². The van der Waals surface area contributed by atoms with E-state index in [4.69, 9.17) is 0 Å². The van der Waals surface area contributed by atoms with Crippen LogP contribution in [0, 0.1) is 0 Å². The Bertz CT molecular complexity index is 920. The van der Waals surface area contributed by atoms with Crippen LogP contribution in [0.15, 0.2) is 66.9 Å². The first-order valence-corrected chi connectivity index (χ1v) is 8.96. The van der Waals surface area contributed by atoms with Gasteiger partial charge in [-0.25, -0.2) is 4.98 Å². The van der Waals surface area contributed by atoms with Gasteiger partial charge in [-0.15, -0.1) is 0 Å². The summed E-state index contributed by atoms with van der Waals surface area (Å²) in [5.74, 6) is 0.480. The average molecular weight is 360 g/mol. The van der Waals surface area contributed by atoms with Crippen LogP contribution in [0.2, 0.25) is 0 Å². The molecule has 0 aliphatic carbocycles. The number of nitrogens with zero attached hydrogens (tertiary/aromatic N) is 2. The topological polar surface area (TPSA) is 57.3 Å². The standard InChI is InChI=1S/C22H24N4O/c1-4-16-7-5-6-8-20(16)25-22(27)17-13-14-23-21(15-17)24-18-9-11-19(12-10-18)26(2)3/h5-15H,4H2,1-3H3,(H,23,24)(H,25,27).